The molecule has 3 rings (SSSR count). The van der Waals surface area contributed by atoms with Gasteiger partial charge in [0.25, 0.3) is 0 Å². The Hall–Kier alpha value is -1.92. The summed E-state index contributed by atoms with van der Waals surface area (Å²) in [4.78, 5) is 0. The highest BCUT2D eigenvalue weighted by Crippen LogP contribution is 2.35. The lowest BCUT2D eigenvalue weighted by atomic mass is 10.1. The van der Waals surface area contributed by atoms with Gasteiger partial charge in [0.15, 0.2) is 11.5 Å². The molecule has 0 spiro atoms. The van der Waals surface area contributed by atoms with Crippen molar-refractivity contribution in [3.8, 4) is 17.2 Å². The van der Waals surface area contributed by atoms with E-state index in [0.29, 0.717) is 41.3 Å². The number of rotatable bonds is 11. The van der Waals surface area contributed by atoms with Gasteiger partial charge in [0.05, 0.1) is 23.8 Å². The highest BCUT2D eigenvalue weighted by molar-refractivity contribution is 9.10. The molecule has 1 N–H and O–H groups in total. The van der Waals surface area contributed by atoms with Crippen LogP contribution in [0.4, 0.5) is 0 Å². The van der Waals surface area contributed by atoms with E-state index in [0.717, 1.165) is 34.3 Å². The van der Waals surface area contributed by atoms with Gasteiger partial charge in [-0.3, -0.25) is 0 Å². The normalized spacial score (nSPS) is 10.8. The zero-order valence-electron chi connectivity index (χ0n) is 18.1. The van der Waals surface area contributed by atoms with Crippen LogP contribution in [-0.2, 0) is 19.6 Å². The highest BCUT2D eigenvalue weighted by atomic mass is 79.9. The molecule has 0 atom stereocenters. The number of benzene rings is 3. The summed E-state index contributed by atoms with van der Waals surface area (Å²) in [5.41, 5.74) is 3.30. The van der Waals surface area contributed by atoms with Crippen LogP contribution >= 0.6 is 39.1 Å². The predicted molar refractivity (Wildman–Crippen MR) is 135 cm³/mol. The second-order valence-electron chi connectivity index (χ2n) is 7.14. The molecule has 0 saturated heterocycles. The molecule has 0 bridgehead atoms. The Bertz CT molecular complexity index is 1030. The van der Waals surface area contributed by atoms with Gasteiger partial charge in [-0.1, -0.05) is 57.3 Å². The maximum atomic E-state index is 6.10. The third-order valence-corrected chi connectivity index (χ3v) is 6.33. The van der Waals surface area contributed by atoms with Gasteiger partial charge in [0.1, 0.15) is 12.4 Å². The lowest BCUT2D eigenvalue weighted by Gasteiger charge is -2.16. The van der Waals surface area contributed by atoms with E-state index in [1.54, 1.807) is 19.2 Å². The first-order chi connectivity index (χ1) is 15.5. The Labute approximate surface area is 207 Å². The minimum Gasteiger partial charge on any atom is -0.497 e. The lowest BCUT2D eigenvalue weighted by molar-refractivity contribution is 0.269. The minimum absolute atomic E-state index is 0.364. The van der Waals surface area contributed by atoms with E-state index >= 15 is 0 Å². The van der Waals surface area contributed by atoms with Crippen LogP contribution in [-0.4, -0.2) is 20.3 Å². The number of halogens is 3. The van der Waals surface area contributed by atoms with Crippen molar-refractivity contribution in [3.63, 3.8) is 0 Å². The predicted octanol–water partition coefficient (Wildman–Crippen LogP) is 7.07. The Morgan fingerprint density at radius 3 is 2.28 bits per heavy atom. The van der Waals surface area contributed by atoms with E-state index in [2.05, 4.69) is 33.4 Å². The third kappa shape index (κ3) is 7.04. The molecule has 32 heavy (non-hydrogen) atoms. The van der Waals surface area contributed by atoms with E-state index in [4.69, 9.17) is 37.4 Å². The summed E-state index contributed by atoms with van der Waals surface area (Å²) in [5.74, 6) is 2.25. The summed E-state index contributed by atoms with van der Waals surface area (Å²) < 4.78 is 18.0. The summed E-state index contributed by atoms with van der Waals surface area (Å²) in [6.07, 6.45) is 0.935. The number of hydrogen-bond acceptors (Lipinski definition) is 4. The maximum Gasteiger partial charge on any atom is 0.162 e. The first-order valence-electron chi connectivity index (χ1n) is 10.4. The molecule has 0 heterocycles. The van der Waals surface area contributed by atoms with Crippen molar-refractivity contribution in [1.82, 2.24) is 5.32 Å². The van der Waals surface area contributed by atoms with Gasteiger partial charge in [-0.25, -0.2) is 0 Å². The fraction of sp³-hybridized carbons (Fsp3) is 0.280. The summed E-state index contributed by atoms with van der Waals surface area (Å²) in [7, 11) is 1.68. The third-order valence-electron chi connectivity index (χ3n) is 4.86. The van der Waals surface area contributed by atoms with Crippen molar-refractivity contribution in [2.45, 2.75) is 26.5 Å². The van der Waals surface area contributed by atoms with Gasteiger partial charge in [-0.05, 0) is 73.0 Å². The molecule has 3 aromatic carbocycles. The fourth-order valence-corrected chi connectivity index (χ4v) is 3.92. The van der Waals surface area contributed by atoms with Crippen LogP contribution in [0.2, 0.25) is 10.0 Å². The topological polar surface area (TPSA) is 39.7 Å². The summed E-state index contributed by atoms with van der Waals surface area (Å²) in [5, 5.41) is 4.53. The van der Waals surface area contributed by atoms with Gasteiger partial charge in [0.2, 0.25) is 0 Å². The van der Waals surface area contributed by atoms with Crippen LogP contribution in [0.5, 0.6) is 17.2 Å². The highest BCUT2D eigenvalue weighted by Gasteiger charge is 2.12. The SMILES string of the molecule is CCOc1cc(CNCCc2ccc(OC)cc2)c(Br)cc1OCc1ccc(Cl)c(Cl)c1. The molecule has 0 radical (unpaired) electrons. The minimum atomic E-state index is 0.364. The molecular weight excluding hydrogens is 513 g/mol. The summed E-state index contributed by atoms with van der Waals surface area (Å²) >= 11 is 15.8. The molecule has 0 aliphatic carbocycles. The quantitative estimate of drug-likeness (QED) is 0.265. The van der Waals surface area contributed by atoms with Gasteiger partial charge in [-0.2, -0.15) is 0 Å². The van der Waals surface area contributed by atoms with Crippen molar-refractivity contribution >= 4 is 39.1 Å². The number of hydrogen-bond donors (Lipinski definition) is 1. The average Bonchev–Trinajstić information content (AvgIpc) is 2.80. The molecule has 0 aromatic heterocycles. The largest absolute Gasteiger partial charge is 0.497 e. The van der Waals surface area contributed by atoms with Crippen molar-refractivity contribution in [3.05, 3.63) is 85.8 Å². The molecule has 0 saturated carbocycles. The van der Waals surface area contributed by atoms with Crippen LogP contribution in [0.15, 0.2) is 59.1 Å². The van der Waals surface area contributed by atoms with Crippen molar-refractivity contribution in [1.29, 1.82) is 0 Å². The summed E-state index contributed by atoms with van der Waals surface area (Å²) in [6, 6.07) is 17.6. The van der Waals surface area contributed by atoms with E-state index in [-0.39, 0.29) is 0 Å². The Morgan fingerprint density at radius 2 is 1.59 bits per heavy atom. The van der Waals surface area contributed by atoms with Crippen molar-refractivity contribution < 1.29 is 14.2 Å². The molecule has 0 aliphatic heterocycles. The van der Waals surface area contributed by atoms with E-state index in [9.17, 15) is 0 Å². The number of ether oxygens (including phenoxy) is 3. The van der Waals surface area contributed by atoms with Gasteiger partial charge in [-0.15, -0.1) is 0 Å². The van der Waals surface area contributed by atoms with Crippen LogP contribution < -0.4 is 19.5 Å². The van der Waals surface area contributed by atoms with Crippen molar-refractivity contribution in [2.75, 3.05) is 20.3 Å². The molecule has 0 unspecified atom stereocenters. The van der Waals surface area contributed by atoms with Gasteiger partial charge >= 0.3 is 0 Å². The second kappa shape index (κ2) is 12.4. The lowest BCUT2D eigenvalue weighted by Crippen LogP contribution is -2.17. The molecule has 7 heteroatoms. The molecule has 170 valence electrons. The van der Waals surface area contributed by atoms with Crippen LogP contribution in [0.1, 0.15) is 23.6 Å². The van der Waals surface area contributed by atoms with E-state index in [1.807, 2.05) is 37.3 Å². The Balaban J connectivity index is 1.60. The second-order valence-corrected chi connectivity index (χ2v) is 8.80. The molecule has 0 fully saturated rings. The molecule has 0 amide bonds. The number of methoxy groups -OCH3 is 1. The van der Waals surface area contributed by atoms with Crippen LogP contribution in [0.25, 0.3) is 0 Å². The summed E-state index contributed by atoms with van der Waals surface area (Å²) in [6.45, 7) is 4.44. The first-order valence-corrected chi connectivity index (χ1v) is 11.9. The standard InChI is InChI=1S/C25H26BrCl2NO3/c1-3-31-24-13-19(15-29-11-10-17-4-7-20(30-2)8-5-17)21(26)14-25(24)32-16-18-6-9-22(27)23(28)12-18/h4-9,12-14,29H,3,10-11,15-16H2,1-2H3. The smallest absolute Gasteiger partial charge is 0.162 e. The zero-order chi connectivity index (χ0) is 22.9. The van der Waals surface area contributed by atoms with E-state index < -0.39 is 0 Å². The average molecular weight is 539 g/mol. The monoisotopic (exact) mass is 537 g/mol. The zero-order valence-corrected chi connectivity index (χ0v) is 21.2. The van der Waals surface area contributed by atoms with Crippen molar-refractivity contribution in [2.24, 2.45) is 0 Å². The Kier molecular flexibility index (Phi) is 9.54. The first kappa shape index (κ1) is 24.7. The van der Waals surface area contributed by atoms with Gasteiger partial charge in [0, 0.05) is 11.0 Å². The van der Waals surface area contributed by atoms with E-state index in [1.165, 1.54) is 5.56 Å². The Morgan fingerprint density at radius 1 is 0.875 bits per heavy atom. The number of nitrogens with one attached hydrogen (secondary N) is 1. The molecule has 4 nitrogen and oxygen atoms in total. The van der Waals surface area contributed by atoms with Crippen LogP contribution in [0, 0.1) is 0 Å². The molecular formula is C25H26BrCl2NO3. The molecule has 0 aliphatic rings. The maximum absolute atomic E-state index is 6.10. The fourth-order valence-electron chi connectivity index (χ4n) is 3.13. The van der Waals surface area contributed by atoms with Gasteiger partial charge < -0.3 is 19.5 Å². The molecule has 3 aromatic rings. The van der Waals surface area contributed by atoms with Crippen LogP contribution in [0.3, 0.4) is 0 Å².